The van der Waals surface area contributed by atoms with Crippen molar-refractivity contribution in [2.24, 2.45) is 16.1 Å². The third kappa shape index (κ3) is 5.39. The lowest BCUT2D eigenvalue weighted by Gasteiger charge is -2.28. The molecule has 0 radical (unpaired) electrons. The van der Waals surface area contributed by atoms with Crippen LogP contribution in [0.3, 0.4) is 0 Å². The van der Waals surface area contributed by atoms with Gasteiger partial charge in [-0.25, -0.2) is 0 Å². The molecule has 0 unspecified atom stereocenters. The summed E-state index contributed by atoms with van der Waals surface area (Å²) in [6, 6.07) is 17.2. The number of hydrogen-bond acceptors (Lipinski definition) is 2. The predicted octanol–water partition coefficient (Wildman–Crippen LogP) is 6.52. The summed E-state index contributed by atoms with van der Waals surface area (Å²) in [6.45, 7) is 4.39. The molecule has 0 aliphatic heterocycles. The van der Waals surface area contributed by atoms with Crippen molar-refractivity contribution in [2.75, 3.05) is 0 Å². The topological polar surface area (TPSA) is 24.7 Å². The second-order valence-corrected chi connectivity index (χ2v) is 7.57. The van der Waals surface area contributed by atoms with Crippen LogP contribution in [0, 0.1) is 12.8 Å². The number of nitrogens with zero attached hydrogens (tertiary/aromatic N) is 2. The van der Waals surface area contributed by atoms with E-state index in [1.165, 1.54) is 49.7 Å². The predicted molar refractivity (Wildman–Crippen MR) is 112 cm³/mol. The third-order valence-electron chi connectivity index (χ3n) is 5.51. The fraction of sp³-hybridized carbons (Fsp3) is 0.417. The van der Waals surface area contributed by atoms with E-state index in [2.05, 4.69) is 72.6 Å². The number of hydrogen-bond donors (Lipinski definition) is 0. The van der Waals surface area contributed by atoms with Gasteiger partial charge in [0.05, 0.1) is 12.4 Å². The van der Waals surface area contributed by atoms with Crippen LogP contribution in [0.15, 0.2) is 58.7 Å². The molecule has 2 heteroatoms. The van der Waals surface area contributed by atoms with Crippen molar-refractivity contribution in [2.45, 2.75) is 58.3 Å². The minimum atomic E-state index is 0.744. The summed E-state index contributed by atoms with van der Waals surface area (Å²) in [5.74, 6) is 1.71. The standard InChI is InChI=1S/C24H30N2/c1-3-4-20-9-13-23(14-10-20)24-15-11-22(12-16-24)18-26-25-17-21-7-5-19(2)6-8-21/h5-8,11-12,15-18,20,23H,3-4,9-10,13-14H2,1-2H3. The first-order chi connectivity index (χ1) is 12.7. The molecule has 0 heterocycles. The highest BCUT2D eigenvalue weighted by atomic mass is 15.2. The van der Waals surface area contributed by atoms with Crippen LogP contribution in [0.2, 0.25) is 0 Å². The highest BCUT2D eigenvalue weighted by Gasteiger charge is 2.21. The van der Waals surface area contributed by atoms with E-state index in [0.717, 1.165) is 23.0 Å². The zero-order chi connectivity index (χ0) is 18.2. The lowest BCUT2D eigenvalue weighted by molar-refractivity contribution is 0.308. The Balaban J connectivity index is 1.52. The van der Waals surface area contributed by atoms with Crippen molar-refractivity contribution in [3.05, 3.63) is 70.8 Å². The molecule has 1 saturated carbocycles. The highest BCUT2D eigenvalue weighted by molar-refractivity contribution is 5.82. The second-order valence-electron chi connectivity index (χ2n) is 7.57. The number of aryl methyl sites for hydroxylation is 1. The van der Waals surface area contributed by atoms with Crippen molar-refractivity contribution in [1.82, 2.24) is 0 Å². The van der Waals surface area contributed by atoms with E-state index < -0.39 is 0 Å². The monoisotopic (exact) mass is 346 g/mol. The Hall–Kier alpha value is -2.22. The molecule has 0 N–H and O–H groups in total. The van der Waals surface area contributed by atoms with E-state index in [9.17, 15) is 0 Å². The summed E-state index contributed by atoms with van der Waals surface area (Å²) >= 11 is 0. The number of rotatable bonds is 6. The molecule has 1 aliphatic carbocycles. The van der Waals surface area contributed by atoms with Crippen LogP contribution in [0.5, 0.6) is 0 Å². The van der Waals surface area contributed by atoms with Gasteiger partial charge in [0, 0.05) is 0 Å². The summed E-state index contributed by atoms with van der Waals surface area (Å²) in [5.41, 5.74) is 4.92. The molecule has 1 fully saturated rings. The molecule has 0 spiro atoms. The maximum Gasteiger partial charge on any atom is 0.0568 e. The summed E-state index contributed by atoms with van der Waals surface area (Å²) in [5, 5.41) is 8.33. The largest absolute Gasteiger partial charge is 0.159 e. The molecule has 2 aromatic rings. The van der Waals surface area contributed by atoms with Crippen LogP contribution < -0.4 is 0 Å². The van der Waals surface area contributed by atoms with Gasteiger partial charge in [0.1, 0.15) is 0 Å². The zero-order valence-corrected chi connectivity index (χ0v) is 16.1. The first kappa shape index (κ1) is 18.6. The first-order valence-electron chi connectivity index (χ1n) is 9.97. The Morgan fingerprint density at radius 1 is 0.808 bits per heavy atom. The SMILES string of the molecule is CCCC1CCC(c2ccc(C=NN=Cc3ccc(C)cc3)cc2)CC1. The lowest BCUT2D eigenvalue weighted by atomic mass is 9.77. The molecular weight excluding hydrogens is 316 g/mol. The van der Waals surface area contributed by atoms with Gasteiger partial charge in [-0.2, -0.15) is 10.2 Å². The molecule has 0 aromatic heterocycles. The second kappa shape index (κ2) is 9.47. The molecule has 0 saturated heterocycles. The van der Waals surface area contributed by atoms with E-state index in [4.69, 9.17) is 0 Å². The molecule has 26 heavy (non-hydrogen) atoms. The quantitative estimate of drug-likeness (QED) is 0.420. The molecule has 0 bridgehead atoms. The maximum atomic E-state index is 4.18. The van der Waals surface area contributed by atoms with Crippen LogP contribution in [0.4, 0.5) is 0 Å². The Morgan fingerprint density at radius 3 is 1.88 bits per heavy atom. The van der Waals surface area contributed by atoms with Crippen molar-refractivity contribution in [3.63, 3.8) is 0 Å². The van der Waals surface area contributed by atoms with Gasteiger partial charge in [-0.15, -0.1) is 0 Å². The van der Waals surface area contributed by atoms with Crippen molar-refractivity contribution in [3.8, 4) is 0 Å². The molecule has 3 rings (SSSR count). The Kier molecular flexibility index (Phi) is 6.76. The summed E-state index contributed by atoms with van der Waals surface area (Å²) in [7, 11) is 0. The lowest BCUT2D eigenvalue weighted by Crippen LogP contribution is -2.13. The molecular formula is C24H30N2. The van der Waals surface area contributed by atoms with E-state index in [1.807, 2.05) is 6.21 Å². The van der Waals surface area contributed by atoms with Crippen LogP contribution in [-0.4, -0.2) is 12.4 Å². The van der Waals surface area contributed by atoms with Gasteiger partial charge >= 0.3 is 0 Å². The molecule has 2 nitrogen and oxygen atoms in total. The Bertz CT molecular complexity index is 718. The molecule has 0 amide bonds. The number of benzene rings is 2. The fourth-order valence-corrected chi connectivity index (χ4v) is 3.90. The fourth-order valence-electron chi connectivity index (χ4n) is 3.90. The van der Waals surface area contributed by atoms with Gasteiger partial charge in [-0.1, -0.05) is 73.9 Å². The van der Waals surface area contributed by atoms with Crippen LogP contribution in [0.1, 0.15) is 73.6 Å². The molecule has 136 valence electrons. The van der Waals surface area contributed by atoms with Gasteiger partial charge in [-0.05, 0) is 61.1 Å². The summed E-state index contributed by atoms with van der Waals surface area (Å²) in [4.78, 5) is 0. The normalized spacial score (nSPS) is 20.8. The molecule has 1 aliphatic rings. The van der Waals surface area contributed by atoms with Crippen molar-refractivity contribution >= 4 is 12.4 Å². The molecule has 0 atom stereocenters. The van der Waals surface area contributed by atoms with Gasteiger partial charge in [0.15, 0.2) is 0 Å². The molecule has 2 aromatic carbocycles. The van der Waals surface area contributed by atoms with Crippen LogP contribution >= 0.6 is 0 Å². The minimum Gasteiger partial charge on any atom is -0.159 e. The van der Waals surface area contributed by atoms with Gasteiger partial charge in [0.2, 0.25) is 0 Å². The summed E-state index contributed by atoms with van der Waals surface area (Å²) < 4.78 is 0. The van der Waals surface area contributed by atoms with Gasteiger partial charge in [0.25, 0.3) is 0 Å². The highest BCUT2D eigenvalue weighted by Crippen LogP contribution is 2.37. The average Bonchev–Trinajstić information content (AvgIpc) is 2.68. The summed E-state index contributed by atoms with van der Waals surface area (Å²) in [6.07, 6.45) is 11.8. The minimum absolute atomic E-state index is 0.744. The first-order valence-corrected chi connectivity index (χ1v) is 9.97. The smallest absolute Gasteiger partial charge is 0.0568 e. The van der Waals surface area contributed by atoms with E-state index >= 15 is 0 Å². The van der Waals surface area contributed by atoms with E-state index in [0.29, 0.717) is 0 Å². The Labute approximate surface area is 158 Å². The van der Waals surface area contributed by atoms with Crippen molar-refractivity contribution < 1.29 is 0 Å². The van der Waals surface area contributed by atoms with E-state index in [1.54, 1.807) is 6.21 Å². The zero-order valence-electron chi connectivity index (χ0n) is 16.1. The average molecular weight is 347 g/mol. The van der Waals surface area contributed by atoms with Crippen LogP contribution in [0.25, 0.3) is 0 Å². The van der Waals surface area contributed by atoms with Crippen molar-refractivity contribution in [1.29, 1.82) is 0 Å². The van der Waals surface area contributed by atoms with Gasteiger partial charge in [-0.3, -0.25) is 0 Å². The maximum absolute atomic E-state index is 4.18. The van der Waals surface area contributed by atoms with E-state index in [-0.39, 0.29) is 0 Å². The third-order valence-corrected chi connectivity index (χ3v) is 5.51. The Morgan fingerprint density at radius 2 is 1.35 bits per heavy atom. The van der Waals surface area contributed by atoms with Crippen LogP contribution in [-0.2, 0) is 0 Å². The van der Waals surface area contributed by atoms with Gasteiger partial charge < -0.3 is 0 Å².